The lowest BCUT2D eigenvalue weighted by Gasteiger charge is -2.08. The van der Waals surface area contributed by atoms with Crippen molar-refractivity contribution in [3.05, 3.63) is 12.7 Å². The molecule has 0 aliphatic heterocycles. The number of fused-ring (bicyclic) bond motifs is 1. The maximum Gasteiger partial charge on any atom is 0.182 e. The smallest absolute Gasteiger partial charge is 0.182 e. The van der Waals surface area contributed by atoms with Crippen molar-refractivity contribution in [2.75, 3.05) is 5.48 Å². The Bertz CT molecular complexity index is 424. The topological polar surface area (TPSA) is 75.7 Å². The van der Waals surface area contributed by atoms with Crippen LogP contribution in [0.15, 0.2) is 12.7 Å². The molecule has 2 heterocycles. The molecule has 0 fully saturated rings. The second-order valence-electron chi connectivity index (χ2n) is 3.09. The summed E-state index contributed by atoms with van der Waals surface area (Å²) >= 11 is 0. The van der Waals surface area contributed by atoms with Crippen LogP contribution < -0.4 is 5.48 Å². The number of hydrogen-bond acceptors (Lipinski definition) is 5. The Hall–Kier alpha value is -1.69. The summed E-state index contributed by atoms with van der Waals surface area (Å²) in [5.74, 6) is 0.598. The van der Waals surface area contributed by atoms with Gasteiger partial charge in [0.2, 0.25) is 0 Å². The first kappa shape index (κ1) is 8.89. The lowest BCUT2D eigenvalue weighted by molar-refractivity contribution is 0.129. The van der Waals surface area contributed by atoms with Crippen LogP contribution in [0, 0.1) is 0 Å². The van der Waals surface area contributed by atoms with E-state index in [1.807, 2.05) is 13.8 Å². The first-order valence-corrected chi connectivity index (χ1v) is 4.33. The van der Waals surface area contributed by atoms with E-state index in [0.29, 0.717) is 11.5 Å². The summed E-state index contributed by atoms with van der Waals surface area (Å²) in [7, 11) is 0. The molecular formula is C8H11N5O. The van der Waals surface area contributed by atoms with Crippen molar-refractivity contribution in [2.24, 2.45) is 0 Å². The van der Waals surface area contributed by atoms with Crippen LogP contribution in [-0.4, -0.2) is 26.0 Å². The van der Waals surface area contributed by atoms with E-state index in [1.165, 1.54) is 6.33 Å². The monoisotopic (exact) mass is 193 g/mol. The third-order valence-electron chi connectivity index (χ3n) is 1.61. The van der Waals surface area contributed by atoms with Gasteiger partial charge in [-0.1, -0.05) is 0 Å². The van der Waals surface area contributed by atoms with E-state index in [-0.39, 0.29) is 6.10 Å². The zero-order valence-corrected chi connectivity index (χ0v) is 7.98. The number of imidazole rings is 1. The van der Waals surface area contributed by atoms with Crippen LogP contribution >= 0.6 is 0 Å². The van der Waals surface area contributed by atoms with Gasteiger partial charge in [-0.05, 0) is 13.8 Å². The average molecular weight is 193 g/mol. The number of aromatic amines is 1. The Morgan fingerprint density at radius 3 is 3.00 bits per heavy atom. The molecule has 0 unspecified atom stereocenters. The molecule has 0 atom stereocenters. The molecule has 0 amide bonds. The maximum atomic E-state index is 5.22. The molecule has 2 rings (SSSR count). The van der Waals surface area contributed by atoms with Gasteiger partial charge in [0.05, 0.1) is 12.4 Å². The Morgan fingerprint density at radius 1 is 1.36 bits per heavy atom. The van der Waals surface area contributed by atoms with E-state index < -0.39 is 0 Å². The molecule has 14 heavy (non-hydrogen) atoms. The number of nitrogens with zero attached hydrogens (tertiary/aromatic N) is 3. The number of nitrogens with one attached hydrogen (secondary N) is 2. The Balaban J connectivity index is 2.27. The molecule has 0 aliphatic carbocycles. The van der Waals surface area contributed by atoms with E-state index in [1.54, 1.807) is 6.33 Å². The number of H-pyrrole nitrogens is 1. The fourth-order valence-corrected chi connectivity index (χ4v) is 1.02. The third-order valence-corrected chi connectivity index (χ3v) is 1.61. The molecular weight excluding hydrogens is 182 g/mol. The van der Waals surface area contributed by atoms with E-state index in [4.69, 9.17) is 4.84 Å². The summed E-state index contributed by atoms with van der Waals surface area (Å²) in [6, 6.07) is 0. The van der Waals surface area contributed by atoms with Crippen molar-refractivity contribution in [3.8, 4) is 0 Å². The zero-order chi connectivity index (χ0) is 9.97. The predicted octanol–water partition coefficient (Wildman–Crippen LogP) is 1.10. The Kier molecular flexibility index (Phi) is 2.28. The Morgan fingerprint density at radius 2 is 2.21 bits per heavy atom. The normalized spacial score (nSPS) is 11.1. The van der Waals surface area contributed by atoms with Gasteiger partial charge in [0.1, 0.15) is 11.8 Å². The average Bonchev–Trinajstić information content (AvgIpc) is 2.62. The minimum atomic E-state index is 0.0861. The number of anilines is 1. The summed E-state index contributed by atoms with van der Waals surface area (Å²) in [5.41, 5.74) is 4.11. The molecule has 6 nitrogen and oxygen atoms in total. The van der Waals surface area contributed by atoms with Gasteiger partial charge in [-0.25, -0.2) is 20.4 Å². The molecule has 0 spiro atoms. The predicted molar refractivity (Wildman–Crippen MR) is 51.5 cm³/mol. The molecule has 0 aromatic carbocycles. The second-order valence-corrected chi connectivity index (χ2v) is 3.09. The highest BCUT2D eigenvalue weighted by atomic mass is 16.7. The highest BCUT2D eigenvalue weighted by Gasteiger charge is 2.05. The van der Waals surface area contributed by atoms with Crippen LogP contribution in [0.1, 0.15) is 13.8 Å². The van der Waals surface area contributed by atoms with Crippen molar-refractivity contribution in [1.82, 2.24) is 19.9 Å². The number of rotatable bonds is 3. The summed E-state index contributed by atoms with van der Waals surface area (Å²) in [4.78, 5) is 20.2. The highest BCUT2D eigenvalue weighted by molar-refractivity contribution is 5.81. The summed E-state index contributed by atoms with van der Waals surface area (Å²) in [6.45, 7) is 3.86. The van der Waals surface area contributed by atoms with Gasteiger partial charge in [0, 0.05) is 0 Å². The van der Waals surface area contributed by atoms with Crippen molar-refractivity contribution in [3.63, 3.8) is 0 Å². The summed E-state index contributed by atoms with van der Waals surface area (Å²) in [6.07, 6.45) is 3.10. The molecule has 6 heteroatoms. The molecule has 0 saturated carbocycles. The van der Waals surface area contributed by atoms with Crippen molar-refractivity contribution >= 4 is 17.0 Å². The molecule has 74 valence electrons. The van der Waals surface area contributed by atoms with Crippen molar-refractivity contribution < 1.29 is 4.84 Å². The van der Waals surface area contributed by atoms with Crippen LogP contribution in [0.4, 0.5) is 5.82 Å². The van der Waals surface area contributed by atoms with Gasteiger partial charge in [0.25, 0.3) is 0 Å². The molecule has 0 aliphatic rings. The molecule has 0 bridgehead atoms. The van der Waals surface area contributed by atoms with E-state index in [2.05, 4.69) is 25.4 Å². The quantitative estimate of drug-likeness (QED) is 0.714. The zero-order valence-electron chi connectivity index (χ0n) is 7.98. The maximum absolute atomic E-state index is 5.22. The van der Waals surface area contributed by atoms with E-state index in [0.717, 1.165) is 5.52 Å². The fourth-order valence-electron chi connectivity index (χ4n) is 1.02. The SMILES string of the molecule is CC(C)ONc1ncnc2nc[nH]c12. The molecule has 2 aromatic rings. The van der Waals surface area contributed by atoms with Crippen LogP contribution in [0.5, 0.6) is 0 Å². The van der Waals surface area contributed by atoms with E-state index >= 15 is 0 Å². The van der Waals surface area contributed by atoms with Crippen molar-refractivity contribution in [1.29, 1.82) is 0 Å². The number of aromatic nitrogens is 4. The molecule has 2 N–H and O–H groups in total. The third kappa shape index (κ3) is 1.64. The molecule has 0 saturated heterocycles. The minimum absolute atomic E-state index is 0.0861. The van der Waals surface area contributed by atoms with Crippen molar-refractivity contribution in [2.45, 2.75) is 20.0 Å². The van der Waals surface area contributed by atoms with Gasteiger partial charge >= 0.3 is 0 Å². The highest BCUT2D eigenvalue weighted by Crippen LogP contribution is 2.14. The van der Waals surface area contributed by atoms with E-state index in [9.17, 15) is 0 Å². The summed E-state index contributed by atoms with van der Waals surface area (Å²) < 4.78 is 0. The van der Waals surface area contributed by atoms with Gasteiger partial charge in [0.15, 0.2) is 11.5 Å². The molecule has 0 radical (unpaired) electrons. The molecule has 2 aromatic heterocycles. The second kappa shape index (κ2) is 3.59. The first-order chi connectivity index (χ1) is 6.77. The van der Waals surface area contributed by atoms with Gasteiger partial charge in [-0.3, -0.25) is 4.84 Å². The standard InChI is InChI=1S/C8H11N5O/c1-5(2)14-13-8-6-7(10-3-9-6)11-4-12-8/h3-5H,1-2H3,(H2,9,10,11,12,13). The summed E-state index contributed by atoms with van der Waals surface area (Å²) in [5, 5.41) is 0. The van der Waals surface area contributed by atoms with Gasteiger partial charge in [-0.2, -0.15) is 0 Å². The van der Waals surface area contributed by atoms with Crippen LogP contribution in [0.25, 0.3) is 11.2 Å². The minimum Gasteiger partial charge on any atom is -0.340 e. The van der Waals surface area contributed by atoms with Gasteiger partial charge < -0.3 is 4.98 Å². The van der Waals surface area contributed by atoms with Crippen LogP contribution in [0.2, 0.25) is 0 Å². The Labute approximate surface area is 80.7 Å². The van der Waals surface area contributed by atoms with Crippen LogP contribution in [0.3, 0.4) is 0 Å². The largest absolute Gasteiger partial charge is 0.340 e. The first-order valence-electron chi connectivity index (χ1n) is 4.33. The fraction of sp³-hybridized carbons (Fsp3) is 0.375. The van der Waals surface area contributed by atoms with Crippen LogP contribution in [-0.2, 0) is 4.84 Å². The lowest BCUT2D eigenvalue weighted by Crippen LogP contribution is -2.10. The number of hydrogen-bond donors (Lipinski definition) is 2. The lowest BCUT2D eigenvalue weighted by atomic mass is 10.5. The van der Waals surface area contributed by atoms with Gasteiger partial charge in [-0.15, -0.1) is 0 Å².